The lowest BCUT2D eigenvalue weighted by Crippen LogP contribution is -2.57. The van der Waals surface area contributed by atoms with Crippen molar-refractivity contribution in [2.24, 2.45) is 0 Å². The van der Waals surface area contributed by atoms with Gasteiger partial charge in [-0.15, -0.1) is 0 Å². The van der Waals surface area contributed by atoms with Crippen LogP contribution >= 0.6 is 0 Å². The third-order valence-corrected chi connectivity index (χ3v) is 4.43. The number of rotatable bonds is 3. The molecular weight excluding hydrogens is 228 g/mol. The highest BCUT2D eigenvalue weighted by molar-refractivity contribution is 5.75. The van der Waals surface area contributed by atoms with E-state index in [-0.39, 0.29) is 18.2 Å². The van der Waals surface area contributed by atoms with E-state index in [4.69, 9.17) is 0 Å². The lowest BCUT2D eigenvalue weighted by atomic mass is 9.82. The van der Waals surface area contributed by atoms with Gasteiger partial charge in [0.2, 0.25) is 0 Å². The highest BCUT2D eigenvalue weighted by Crippen LogP contribution is 2.27. The third-order valence-electron chi connectivity index (χ3n) is 4.43. The van der Waals surface area contributed by atoms with Gasteiger partial charge in [0, 0.05) is 6.04 Å². The molecule has 2 rings (SSSR count). The van der Waals surface area contributed by atoms with Crippen LogP contribution in [0.4, 0.5) is 4.79 Å². The number of hydrogen-bond acceptors (Lipinski definition) is 2. The summed E-state index contributed by atoms with van der Waals surface area (Å²) in [5.41, 5.74) is -0.364. The van der Waals surface area contributed by atoms with E-state index in [0.29, 0.717) is 6.04 Å². The molecule has 104 valence electrons. The molecule has 2 fully saturated rings. The summed E-state index contributed by atoms with van der Waals surface area (Å²) in [4.78, 5) is 12.0. The fourth-order valence-corrected chi connectivity index (χ4v) is 3.26. The van der Waals surface area contributed by atoms with E-state index in [1.54, 1.807) is 0 Å². The molecule has 0 saturated heterocycles. The van der Waals surface area contributed by atoms with E-state index in [2.05, 4.69) is 10.6 Å². The second kappa shape index (κ2) is 6.41. The minimum Gasteiger partial charge on any atom is -0.394 e. The zero-order valence-corrected chi connectivity index (χ0v) is 11.2. The topological polar surface area (TPSA) is 61.4 Å². The van der Waals surface area contributed by atoms with Crippen molar-refractivity contribution in [3.63, 3.8) is 0 Å². The van der Waals surface area contributed by atoms with Crippen molar-refractivity contribution in [1.29, 1.82) is 0 Å². The monoisotopic (exact) mass is 254 g/mol. The molecule has 0 bridgehead atoms. The Balaban J connectivity index is 1.81. The van der Waals surface area contributed by atoms with Gasteiger partial charge in [0.25, 0.3) is 0 Å². The Hall–Kier alpha value is -0.770. The second-order valence-corrected chi connectivity index (χ2v) is 5.93. The summed E-state index contributed by atoms with van der Waals surface area (Å²) in [5, 5.41) is 15.6. The van der Waals surface area contributed by atoms with Gasteiger partial charge in [0.05, 0.1) is 12.1 Å². The number of urea groups is 1. The Kier molecular flexibility index (Phi) is 4.87. The van der Waals surface area contributed by atoms with Crippen LogP contribution in [0, 0.1) is 0 Å². The Morgan fingerprint density at radius 3 is 2.28 bits per heavy atom. The number of carbonyl (C=O) groups is 1. The molecule has 4 heteroatoms. The highest BCUT2D eigenvalue weighted by Gasteiger charge is 2.33. The van der Waals surface area contributed by atoms with E-state index in [0.717, 1.165) is 38.5 Å². The first-order chi connectivity index (χ1) is 8.74. The third kappa shape index (κ3) is 3.61. The summed E-state index contributed by atoms with van der Waals surface area (Å²) in [7, 11) is 0. The van der Waals surface area contributed by atoms with E-state index in [1.807, 2.05) is 0 Å². The smallest absolute Gasteiger partial charge is 0.315 e. The van der Waals surface area contributed by atoms with E-state index in [9.17, 15) is 9.90 Å². The summed E-state index contributed by atoms with van der Waals surface area (Å²) in [6.45, 7) is 0.0606. The molecule has 0 heterocycles. The van der Waals surface area contributed by atoms with Crippen LogP contribution in [0.5, 0.6) is 0 Å². The molecule has 0 unspecified atom stereocenters. The van der Waals surface area contributed by atoms with Crippen molar-refractivity contribution in [1.82, 2.24) is 10.6 Å². The molecule has 0 aromatic carbocycles. The molecule has 0 atom stereocenters. The first kappa shape index (κ1) is 13.7. The van der Waals surface area contributed by atoms with Crippen molar-refractivity contribution in [3.05, 3.63) is 0 Å². The number of nitrogens with one attached hydrogen (secondary N) is 2. The van der Waals surface area contributed by atoms with Crippen LogP contribution in [0.2, 0.25) is 0 Å². The van der Waals surface area contributed by atoms with Gasteiger partial charge in [0.15, 0.2) is 0 Å². The SMILES string of the molecule is O=C(NC1CCCCC1)NC1(CO)CCCCC1. The molecule has 18 heavy (non-hydrogen) atoms. The normalized spacial score (nSPS) is 24.5. The first-order valence-corrected chi connectivity index (χ1v) is 7.44. The Labute approximate surface area is 110 Å². The molecular formula is C14H26N2O2. The average molecular weight is 254 g/mol. The largest absolute Gasteiger partial charge is 0.394 e. The van der Waals surface area contributed by atoms with Crippen molar-refractivity contribution in [2.45, 2.75) is 75.8 Å². The number of hydrogen-bond donors (Lipinski definition) is 3. The van der Waals surface area contributed by atoms with Gasteiger partial charge in [-0.05, 0) is 25.7 Å². The number of carbonyl (C=O) groups excluding carboxylic acids is 1. The summed E-state index contributed by atoms with van der Waals surface area (Å²) >= 11 is 0. The van der Waals surface area contributed by atoms with E-state index < -0.39 is 0 Å². The van der Waals surface area contributed by atoms with Gasteiger partial charge in [-0.25, -0.2) is 4.79 Å². The van der Waals surface area contributed by atoms with Gasteiger partial charge in [-0.2, -0.15) is 0 Å². The Morgan fingerprint density at radius 2 is 1.67 bits per heavy atom. The first-order valence-electron chi connectivity index (χ1n) is 7.44. The molecule has 0 aromatic rings. The molecule has 2 aliphatic rings. The average Bonchev–Trinajstić information content (AvgIpc) is 2.41. The second-order valence-electron chi connectivity index (χ2n) is 5.93. The molecule has 0 aliphatic heterocycles. The molecule has 2 amide bonds. The van der Waals surface area contributed by atoms with Crippen LogP contribution in [0.25, 0.3) is 0 Å². The molecule has 0 aromatic heterocycles. The summed E-state index contributed by atoms with van der Waals surface area (Å²) in [5.74, 6) is 0. The fourth-order valence-electron chi connectivity index (χ4n) is 3.26. The molecule has 3 N–H and O–H groups in total. The van der Waals surface area contributed by atoms with Crippen LogP contribution in [0.1, 0.15) is 64.2 Å². The zero-order chi connectivity index (χ0) is 12.8. The van der Waals surface area contributed by atoms with Gasteiger partial charge >= 0.3 is 6.03 Å². The summed E-state index contributed by atoms with van der Waals surface area (Å²) < 4.78 is 0. The maximum absolute atomic E-state index is 12.0. The van der Waals surface area contributed by atoms with Crippen molar-refractivity contribution >= 4 is 6.03 Å². The van der Waals surface area contributed by atoms with Crippen LogP contribution in [-0.4, -0.2) is 29.3 Å². The van der Waals surface area contributed by atoms with Crippen LogP contribution in [-0.2, 0) is 0 Å². The van der Waals surface area contributed by atoms with E-state index in [1.165, 1.54) is 25.7 Å². The molecule has 0 radical (unpaired) electrons. The Bertz CT molecular complexity index is 269. The quantitative estimate of drug-likeness (QED) is 0.724. The lowest BCUT2D eigenvalue weighted by molar-refractivity contribution is 0.124. The minimum atomic E-state index is -0.364. The van der Waals surface area contributed by atoms with Gasteiger partial charge in [-0.1, -0.05) is 38.5 Å². The fraction of sp³-hybridized carbons (Fsp3) is 0.929. The predicted octanol–water partition coefficient (Wildman–Crippen LogP) is 2.31. The van der Waals surface area contributed by atoms with Crippen molar-refractivity contribution < 1.29 is 9.90 Å². The van der Waals surface area contributed by atoms with Crippen LogP contribution in [0.15, 0.2) is 0 Å². The van der Waals surface area contributed by atoms with Crippen LogP contribution < -0.4 is 10.6 Å². The maximum Gasteiger partial charge on any atom is 0.315 e. The van der Waals surface area contributed by atoms with Crippen LogP contribution in [0.3, 0.4) is 0 Å². The summed E-state index contributed by atoms with van der Waals surface area (Å²) in [6, 6.07) is 0.246. The van der Waals surface area contributed by atoms with Gasteiger partial charge < -0.3 is 15.7 Å². The van der Waals surface area contributed by atoms with Gasteiger partial charge in [0.1, 0.15) is 0 Å². The molecule has 2 saturated carbocycles. The molecule has 4 nitrogen and oxygen atoms in total. The van der Waals surface area contributed by atoms with Crippen molar-refractivity contribution in [3.8, 4) is 0 Å². The molecule has 2 aliphatic carbocycles. The maximum atomic E-state index is 12.0. The number of aliphatic hydroxyl groups excluding tert-OH is 1. The lowest BCUT2D eigenvalue weighted by Gasteiger charge is -2.37. The predicted molar refractivity (Wildman–Crippen MR) is 71.4 cm³/mol. The standard InChI is InChI=1S/C14H26N2O2/c17-11-14(9-5-2-6-10-14)16-13(18)15-12-7-3-1-4-8-12/h12,17H,1-11H2,(H2,15,16,18). The number of amides is 2. The highest BCUT2D eigenvalue weighted by atomic mass is 16.3. The zero-order valence-electron chi connectivity index (χ0n) is 11.2. The molecule has 0 spiro atoms. The number of aliphatic hydroxyl groups is 1. The summed E-state index contributed by atoms with van der Waals surface area (Å²) in [6.07, 6.45) is 11.1. The van der Waals surface area contributed by atoms with Crippen molar-refractivity contribution in [2.75, 3.05) is 6.61 Å². The van der Waals surface area contributed by atoms with Gasteiger partial charge in [-0.3, -0.25) is 0 Å². The minimum absolute atomic E-state index is 0.0606. The van der Waals surface area contributed by atoms with E-state index >= 15 is 0 Å². The Morgan fingerprint density at radius 1 is 1.06 bits per heavy atom.